The van der Waals surface area contributed by atoms with E-state index in [0.29, 0.717) is 19.3 Å². The molecule has 1 aromatic carbocycles. The van der Waals surface area contributed by atoms with Crippen LogP contribution in [0.1, 0.15) is 66.9 Å². The first-order chi connectivity index (χ1) is 14.2. The number of amides is 1. The van der Waals surface area contributed by atoms with Crippen molar-refractivity contribution in [2.24, 2.45) is 0 Å². The van der Waals surface area contributed by atoms with Crippen LogP contribution >= 0.6 is 0 Å². The van der Waals surface area contributed by atoms with Crippen molar-refractivity contribution in [1.82, 2.24) is 4.90 Å². The monoisotopic (exact) mass is 433 g/mol. The number of carbonyl (C=O) groups is 2. The van der Waals surface area contributed by atoms with Gasteiger partial charge in [0.05, 0.1) is 6.04 Å². The highest BCUT2D eigenvalue weighted by Crippen LogP contribution is 2.23. The van der Waals surface area contributed by atoms with Gasteiger partial charge in [0, 0.05) is 14.0 Å². The SMILES string of the molecule is C=CCC[C@@H](OC(C)=O)[C@H](Cc1ccc(OC(C)(C)C)cc1)N(C)C(=O)OC(C)(C)C. The lowest BCUT2D eigenvalue weighted by atomic mass is 9.96. The third-order valence-corrected chi connectivity index (χ3v) is 4.37. The summed E-state index contributed by atoms with van der Waals surface area (Å²) < 4.78 is 17.1. The van der Waals surface area contributed by atoms with Crippen LogP contribution in [-0.4, -0.2) is 47.4 Å². The molecule has 0 saturated carbocycles. The van der Waals surface area contributed by atoms with Gasteiger partial charge in [0.15, 0.2) is 0 Å². The number of likely N-dealkylation sites (N-methyl/N-ethyl adjacent to an activating group) is 1. The van der Waals surface area contributed by atoms with Crippen molar-refractivity contribution in [2.75, 3.05) is 7.05 Å². The minimum absolute atomic E-state index is 0.286. The van der Waals surface area contributed by atoms with Crippen LogP contribution in [0.25, 0.3) is 0 Å². The maximum absolute atomic E-state index is 12.8. The zero-order valence-corrected chi connectivity index (χ0v) is 20.4. The topological polar surface area (TPSA) is 65.1 Å². The number of hydrogen-bond donors (Lipinski definition) is 0. The second-order valence-electron chi connectivity index (χ2n) is 9.74. The minimum Gasteiger partial charge on any atom is -0.488 e. The minimum atomic E-state index is -0.625. The molecule has 0 spiro atoms. The van der Waals surface area contributed by atoms with Crippen molar-refractivity contribution >= 4 is 12.1 Å². The number of esters is 1. The second kappa shape index (κ2) is 11.2. The predicted molar refractivity (Wildman–Crippen MR) is 123 cm³/mol. The van der Waals surface area contributed by atoms with Gasteiger partial charge in [-0.3, -0.25) is 4.79 Å². The summed E-state index contributed by atoms with van der Waals surface area (Å²) in [5, 5.41) is 0. The molecular weight excluding hydrogens is 394 g/mol. The van der Waals surface area contributed by atoms with Crippen molar-refractivity contribution in [3.63, 3.8) is 0 Å². The molecule has 1 rings (SSSR count). The fourth-order valence-electron chi connectivity index (χ4n) is 3.10. The van der Waals surface area contributed by atoms with Crippen molar-refractivity contribution in [2.45, 2.75) is 91.1 Å². The van der Waals surface area contributed by atoms with Crippen LogP contribution in [0.5, 0.6) is 5.75 Å². The van der Waals surface area contributed by atoms with E-state index in [2.05, 4.69) is 6.58 Å². The third kappa shape index (κ3) is 10.4. The molecule has 0 aliphatic rings. The Hall–Kier alpha value is -2.50. The van der Waals surface area contributed by atoms with Crippen molar-refractivity contribution in [1.29, 1.82) is 0 Å². The summed E-state index contributed by atoms with van der Waals surface area (Å²) in [4.78, 5) is 26.1. The van der Waals surface area contributed by atoms with E-state index in [1.807, 2.05) is 65.8 Å². The van der Waals surface area contributed by atoms with Crippen LogP contribution in [0.4, 0.5) is 4.79 Å². The Morgan fingerprint density at radius 3 is 2.10 bits per heavy atom. The summed E-state index contributed by atoms with van der Waals surface area (Å²) in [7, 11) is 1.68. The van der Waals surface area contributed by atoms with E-state index in [9.17, 15) is 9.59 Å². The largest absolute Gasteiger partial charge is 0.488 e. The quantitative estimate of drug-likeness (QED) is 0.378. The standard InChI is InChI=1S/C25H39NO5/c1-10-11-12-22(29-18(2)27)21(26(9)23(28)31-25(6,7)8)17-19-13-15-20(16-14-19)30-24(3,4)5/h10,13-16,21-22H,1,11-12,17H2,2-9H3/t21-,22+/m0/s1. The molecular formula is C25H39NO5. The van der Waals surface area contributed by atoms with Gasteiger partial charge < -0.3 is 19.1 Å². The Morgan fingerprint density at radius 1 is 1.06 bits per heavy atom. The molecule has 2 atom stereocenters. The van der Waals surface area contributed by atoms with E-state index >= 15 is 0 Å². The van der Waals surface area contributed by atoms with Gasteiger partial charge in [-0.1, -0.05) is 18.2 Å². The lowest BCUT2D eigenvalue weighted by molar-refractivity contribution is -0.150. The van der Waals surface area contributed by atoms with Gasteiger partial charge in [-0.25, -0.2) is 4.79 Å². The van der Waals surface area contributed by atoms with Crippen LogP contribution in [0, 0.1) is 0 Å². The molecule has 6 nitrogen and oxygen atoms in total. The summed E-state index contributed by atoms with van der Waals surface area (Å²) >= 11 is 0. The summed E-state index contributed by atoms with van der Waals surface area (Å²) in [5.74, 6) is 0.391. The maximum Gasteiger partial charge on any atom is 0.410 e. The highest BCUT2D eigenvalue weighted by atomic mass is 16.6. The van der Waals surface area contributed by atoms with Crippen molar-refractivity contribution < 1.29 is 23.8 Å². The van der Waals surface area contributed by atoms with E-state index in [0.717, 1.165) is 11.3 Å². The number of hydrogen-bond acceptors (Lipinski definition) is 5. The molecule has 0 aromatic heterocycles. The summed E-state index contributed by atoms with van der Waals surface area (Å²) in [6.45, 7) is 16.6. The molecule has 174 valence electrons. The van der Waals surface area contributed by atoms with Crippen molar-refractivity contribution in [3.8, 4) is 5.75 Å². The highest BCUT2D eigenvalue weighted by Gasteiger charge is 2.33. The molecule has 0 bridgehead atoms. The molecule has 0 aliphatic carbocycles. The summed E-state index contributed by atoms with van der Waals surface area (Å²) in [6, 6.07) is 7.36. The lowest BCUT2D eigenvalue weighted by Crippen LogP contribution is -2.49. The van der Waals surface area contributed by atoms with E-state index in [-0.39, 0.29) is 11.6 Å². The van der Waals surface area contributed by atoms with Gasteiger partial charge in [0.2, 0.25) is 0 Å². The molecule has 0 radical (unpaired) electrons. The number of benzene rings is 1. The number of carbonyl (C=O) groups excluding carboxylic acids is 2. The van der Waals surface area contributed by atoms with Crippen LogP contribution in [0.15, 0.2) is 36.9 Å². The first kappa shape index (κ1) is 26.5. The van der Waals surface area contributed by atoms with E-state index < -0.39 is 23.8 Å². The average molecular weight is 434 g/mol. The number of ether oxygens (including phenoxy) is 3. The highest BCUT2D eigenvalue weighted by molar-refractivity contribution is 5.69. The van der Waals surface area contributed by atoms with Gasteiger partial charge in [-0.2, -0.15) is 0 Å². The van der Waals surface area contributed by atoms with Gasteiger partial charge >= 0.3 is 12.1 Å². The zero-order valence-electron chi connectivity index (χ0n) is 20.4. The Kier molecular flexibility index (Phi) is 9.60. The van der Waals surface area contributed by atoms with Gasteiger partial charge in [-0.05, 0) is 78.5 Å². The maximum atomic E-state index is 12.8. The first-order valence-corrected chi connectivity index (χ1v) is 10.7. The zero-order chi connectivity index (χ0) is 23.8. The Bertz CT molecular complexity index is 728. The molecule has 0 fully saturated rings. The number of nitrogens with zero attached hydrogens (tertiary/aromatic N) is 1. The van der Waals surface area contributed by atoms with Crippen molar-refractivity contribution in [3.05, 3.63) is 42.5 Å². The van der Waals surface area contributed by atoms with Gasteiger partial charge in [-0.15, -0.1) is 6.58 Å². The Morgan fingerprint density at radius 2 is 1.65 bits per heavy atom. The van der Waals surface area contributed by atoms with E-state index in [1.54, 1.807) is 13.1 Å². The number of rotatable bonds is 9. The van der Waals surface area contributed by atoms with E-state index in [1.165, 1.54) is 11.8 Å². The van der Waals surface area contributed by atoms with Crippen LogP contribution in [0.3, 0.4) is 0 Å². The first-order valence-electron chi connectivity index (χ1n) is 10.7. The Balaban J connectivity index is 3.16. The number of allylic oxidation sites excluding steroid dienone is 1. The molecule has 6 heteroatoms. The van der Waals surface area contributed by atoms with Crippen LogP contribution < -0.4 is 4.74 Å². The molecule has 31 heavy (non-hydrogen) atoms. The smallest absolute Gasteiger partial charge is 0.410 e. The normalized spacial score (nSPS) is 13.7. The third-order valence-electron chi connectivity index (χ3n) is 4.37. The second-order valence-corrected chi connectivity index (χ2v) is 9.74. The van der Waals surface area contributed by atoms with E-state index in [4.69, 9.17) is 14.2 Å². The fourth-order valence-corrected chi connectivity index (χ4v) is 3.10. The van der Waals surface area contributed by atoms with Gasteiger partial charge in [0.1, 0.15) is 23.1 Å². The lowest BCUT2D eigenvalue weighted by Gasteiger charge is -2.35. The predicted octanol–water partition coefficient (Wildman–Crippen LogP) is 5.54. The van der Waals surface area contributed by atoms with Crippen LogP contribution in [0.2, 0.25) is 0 Å². The molecule has 0 heterocycles. The van der Waals surface area contributed by atoms with Gasteiger partial charge in [0.25, 0.3) is 0 Å². The molecule has 1 aromatic rings. The summed E-state index contributed by atoms with van der Waals surface area (Å²) in [6.07, 6.45) is 2.56. The molecule has 0 unspecified atom stereocenters. The molecule has 0 aliphatic heterocycles. The average Bonchev–Trinajstić information content (AvgIpc) is 2.61. The molecule has 0 saturated heterocycles. The molecule has 1 amide bonds. The Labute approximate surface area is 187 Å². The molecule has 0 N–H and O–H groups in total. The fraction of sp³-hybridized carbons (Fsp3) is 0.600. The summed E-state index contributed by atoms with van der Waals surface area (Å²) in [5.41, 5.74) is 0.0869. The van der Waals surface area contributed by atoms with Crippen LogP contribution in [-0.2, 0) is 20.7 Å².